The Bertz CT molecular complexity index is 463. The minimum absolute atomic E-state index is 0.168. The third-order valence-electron chi connectivity index (χ3n) is 2.22. The van der Waals surface area contributed by atoms with Crippen LogP contribution in [0.25, 0.3) is 0 Å². The zero-order chi connectivity index (χ0) is 14.3. The van der Waals surface area contributed by atoms with Crippen molar-refractivity contribution in [3.8, 4) is 5.75 Å². The molecular formula is C12H14FNO5. The Morgan fingerprint density at radius 2 is 2.21 bits per heavy atom. The molecule has 0 radical (unpaired) electrons. The van der Waals surface area contributed by atoms with Crippen LogP contribution >= 0.6 is 0 Å². The summed E-state index contributed by atoms with van der Waals surface area (Å²) < 4.78 is 22.6. The molecule has 0 atom stereocenters. The highest BCUT2D eigenvalue weighted by Gasteiger charge is 2.17. The second-order valence-corrected chi connectivity index (χ2v) is 3.73. The van der Waals surface area contributed by atoms with Gasteiger partial charge in [0.05, 0.1) is 17.6 Å². The first-order valence-electron chi connectivity index (χ1n) is 5.77. The van der Waals surface area contributed by atoms with Crippen molar-refractivity contribution in [2.45, 2.75) is 19.8 Å². The van der Waals surface area contributed by atoms with E-state index in [0.717, 1.165) is 31.0 Å². The minimum Gasteiger partial charge on any atom is -0.475 e. The van der Waals surface area contributed by atoms with Gasteiger partial charge >= 0.3 is 11.7 Å². The average Bonchev–Trinajstić information content (AvgIpc) is 2.37. The SMILES string of the molecule is CCCCOC(=O)COc1ccc(F)cc1[N+](=O)[O-]. The van der Waals surface area contributed by atoms with Crippen LogP contribution in [0.1, 0.15) is 19.8 Å². The smallest absolute Gasteiger partial charge is 0.344 e. The Labute approximate surface area is 109 Å². The normalized spacial score (nSPS) is 10.0. The number of esters is 1. The number of ether oxygens (including phenoxy) is 2. The first kappa shape index (κ1) is 14.9. The number of hydrogen-bond donors (Lipinski definition) is 0. The molecule has 0 bridgehead atoms. The van der Waals surface area contributed by atoms with Crippen LogP contribution in [-0.2, 0) is 9.53 Å². The lowest BCUT2D eigenvalue weighted by atomic mass is 10.3. The molecule has 0 aromatic heterocycles. The maximum absolute atomic E-state index is 12.9. The predicted octanol–water partition coefficient (Wildman–Crippen LogP) is 2.46. The molecule has 0 aliphatic carbocycles. The van der Waals surface area contributed by atoms with Crippen molar-refractivity contribution in [2.24, 2.45) is 0 Å². The first-order valence-corrected chi connectivity index (χ1v) is 5.77. The summed E-state index contributed by atoms with van der Waals surface area (Å²) in [6.45, 7) is 1.78. The second kappa shape index (κ2) is 7.30. The van der Waals surface area contributed by atoms with Crippen LogP contribution in [0.15, 0.2) is 18.2 Å². The number of nitro groups is 1. The summed E-state index contributed by atoms with van der Waals surface area (Å²) in [6.07, 6.45) is 1.63. The van der Waals surface area contributed by atoms with Gasteiger partial charge in [-0.1, -0.05) is 13.3 Å². The molecule has 0 fully saturated rings. The Hall–Kier alpha value is -2.18. The molecule has 0 saturated heterocycles. The maximum Gasteiger partial charge on any atom is 0.344 e. The molecule has 0 N–H and O–H groups in total. The van der Waals surface area contributed by atoms with E-state index >= 15 is 0 Å². The topological polar surface area (TPSA) is 78.7 Å². The Balaban J connectivity index is 2.57. The molecular weight excluding hydrogens is 257 g/mol. The Morgan fingerprint density at radius 3 is 2.84 bits per heavy atom. The van der Waals surface area contributed by atoms with Crippen LogP contribution in [-0.4, -0.2) is 24.1 Å². The van der Waals surface area contributed by atoms with Crippen molar-refractivity contribution in [2.75, 3.05) is 13.2 Å². The highest BCUT2D eigenvalue weighted by atomic mass is 19.1. The molecule has 19 heavy (non-hydrogen) atoms. The molecule has 0 saturated carbocycles. The highest BCUT2D eigenvalue weighted by Crippen LogP contribution is 2.27. The van der Waals surface area contributed by atoms with Crippen molar-refractivity contribution in [3.05, 3.63) is 34.1 Å². The first-order chi connectivity index (χ1) is 9.04. The van der Waals surface area contributed by atoms with Crippen LogP contribution in [0.5, 0.6) is 5.75 Å². The standard InChI is InChI=1S/C12H14FNO5/c1-2-3-6-18-12(15)8-19-11-5-4-9(13)7-10(11)14(16)17/h4-5,7H,2-3,6,8H2,1H3. The van der Waals surface area contributed by atoms with Gasteiger partial charge in [0.15, 0.2) is 12.4 Å². The van der Waals surface area contributed by atoms with Gasteiger partial charge in [0, 0.05) is 0 Å². The van der Waals surface area contributed by atoms with E-state index in [4.69, 9.17) is 9.47 Å². The molecule has 6 nitrogen and oxygen atoms in total. The number of halogens is 1. The number of carbonyl (C=O) groups excluding carboxylic acids is 1. The van der Waals surface area contributed by atoms with Gasteiger partial charge in [-0.25, -0.2) is 9.18 Å². The van der Waals surface area contributed by atoms with Crippen LogP contribution in [0.2, 0.25) is 0 Å². The van der Waals surface area contributed by atoms with Gasteiger partial charge < -0.3 is 9.47 Å². The summed E-state index contributed by atoms with van der Waals surface area (Å²) in [5.41, 5.74) is -0.527. The lowest BCUT2D eigenvalue weighted by Gasteiger charge is -2.07. The van der Waals surface area contributed by atoms with E-state index in [9.17, 15) is 19.3 Å². The highest BCUT2D eigenvalue weighted by molar-refractivity contribution is 5.71. The third-order valence-corrected chi connectivity index (χ3v) is 2.22. The molecule has 0 unspecified atom stereocenters. The van der Waals surface area contributed by atoms with E-state index in [1.165, 1.54) is 0 Å². The Kier molecular flexibility index (Phi) is 5.72. The summed E-state index contributed by atoms with van der Waals surface area (Å²) >= 11 is 0. The van der Waals surface area contributed by atoms with Crippen LogP contribution < -0.4 is 4.74 Å². The largest absolute Gasteiger partial charge is 0.475 e. The number of carbonyl (C=O) groups is 1. The third kappa shape index (κ3) is 4.90. The van der Waals surface area contributed by atoms with Gasteiger partial charge in [-0.2, -0.15) is 0 Å². The number of nitro benzene ring substituents is 1. The average molecular weight is 271 g/mol. The second-order valence-electron chi connectivity index (χ2n) is 3.73. The minimum atomic E-state index is -0.777. The molecule has 1 aromatic rings. The number of benzene rings is 1. The summed E-state index contributed by atoms with van der Waals surface area (Å²) in [7, 11) is 0. The number of nitrogens with zero attached hydrogens (tertiary/aromatic N) is 1. The monoisotopic (exact) mass is 271 g/mol. The van der Waals surface area contributed by atoms with Crippen LogP contribution in [0.3, 0.4) is 0 Å². The summed E-state index contributed by atoms with van der Waals surface area (Å²) in [5, 5.41) is 10.7. The van der Waals surface area contributed by atoms with E-state index in [0.29, 0.717) is 0 Å². The van der Waals surface area contributed by atoms with Gasteiger partial charge in [0.1, 0.15) is 5.82 Å². The molecule has 1 aromatic carbocycles. The molecule has 104 valence electrons. The fourth-order valence-corrected chi connectivity index (χ4v) is 1.26. The molecule has 0 aliphatic heterocycles. The van der Waals surface area contributed by atoms with Crippen molar-refractivity contribution in [3.63, 3.8) is 0 Å². The van der Waals surface area contributed by atoms with Crippen LogP contribution in [0, 0.1) is 15.9 Å². The summed E-state index contributed by atoms with van der Waals surface area (Å²) in [4.78, 5) is 21.1. The van der Waals surface area contributed by atoms with E-state index < -0.39 is 29.0 Å². The van der Waals surface area contributed by atoms with E-state index in [-0.39, 0.29) is 12.4 Å². The van der Waals surface area contributed by atoms with Gasteiger partial charge in [-0.05, 0) is 18.6 Å². The van der Waals surface area contributed by atoms with Gasteiger partial charge in [-0.3, -0.25) is 10.1 Å². The van der Waals surface area contributed by atoms with E-state index in [1.54, 1.807) is 0 Å². The number of rotatable bonds is 7. The van der Waals surface area contributed by atoms with Gasteiger partial charge in [-0.15, -0.1) is 0 Å². The van der Waals surface area contributed by atoms with E-state index in [1.807, 2.05) is 6.92 Å². The fraction of sp³-hybridized carbons (Fsp3) is 0.417. The molecule has 0 heterocycles. The number of unbranched alkanes of at least 4 members (excludes halogenated alkanes) is 1. The zero-order valence-electron chi connectivity index (χ0n) is 10.4. The number of hydrogen-bond acceptors (Lipinski definition) is 5. The van der Waals surface area contributed by atoms with Crippen molar-refractivity contribution >= 4 is 11.7 Å². The Morgan fingerprint density at radius 1 is 1.47 bits per heavy atom. The van der Waals surface area contributed by atoms with Crippen molar-refractivity contribution in [1.82, 2.24) is 0 Å². The van der Waals surface area contributed by atoms with Crippen molar-refractivity contribution < 1.29 is 23.6 Å². The molecule has 0 amide bonds. The molecule has 0 spiro atoms. The van der Waals surface area contributed by atoms with Crippen LogP contribution in [0.4, 0.5) is 10.1 Å². The zero-order valence-corrected chi connectivity index (χ0v) is 10.4. The molecule has 1 rings (SSSR count). The maximum atomic E-state index is 12.9. The molecule has 7 heteroatoms. The lowest BCUT2D eigenvalue weighted by molar-refractivity contribution is -0.386. The quantitative estimate of drug-likeness (QED) is 0.329. The molecule has 0 aliphatic rings. The fourth-order valence-electron chi connectivity index (χ4n) is 1.26. The van der Waals surface area contributed by atoms with E-state index in [2.05, 4.69) is 0 Å². The predicted molar refractivity (Wildman–Crippen MR) is 64.4 cm³/mol. The lowest BCUT2D eigenvalue weighted by Crippen LogP contribution is -2.16. The van der Waals surface area contributed by atoms with Gasteiger partial charge in [0.25, 0.3) is 0 Å². The summed E-state index contributed by atoms with van der Waals surface area (Å²) in [5.74, 6) is -1.53. The van der Waals surface area contributed by atoms with Crippen molar-refractivity contribution in [1.29, 1.82) is 0 Å². The summed E-state index contributed by atoms with van der Waals surface area (Å²) in [6, 6.07) is 2.86. The van der Waals surface area contributed by atoms with Gasteiger partial charge in [0.2, 0.25) is 0 Å².